The summed E-state index contributed by atoms with van der Waals surface area (Å²) in [5.74, 6) is -0.286. The fraction of sp³-hybridized carbons (Fsp3) is 0.111. The number of amides is 1. The van der Waals surface area contributed by atoms with Crippen molar-refractivity contribution in [3.63, 3.8) is 0 Å². The van der Waals surface area contributed by atoms with E-state index in [1.165, 1.54) is 12.1 Å². The van der Waals surface area contributed by atoms with Gasteiger partial charge in [0.15, 0.2) is 0 Å². The molecule has 0 aliphatic carbocycles. The fourth-order valence-electron chi connectivity index (χ4n) is 2.52. The smallest absolute Gasteiger partial charge is 0.405 e. The summed E-state index contributed by atoms with van der Waals surface area (Å²) < 4.78 is 13.1. The third-order valence-electron chi connectivity index (χ3n) is 3.66. The van der Waals surface area contributed by atoms with Crippen molar-refractivity contribution in [2.24, 2.45) is 0 Å². The van der Waals surface area contributed by atoms with Crippen molar-refractivity contribution >= 4 is 23.1 Å². The predicted molar refractivity (Wildman–Crippen MR) is 91.1 cm³/mol. The van der Waals surface area contributed by atoms with Crippen molar-refractivity contribution in [2.75, 3.05) is 0 Å². The van der Waals surface area contributed by atoms with Crippen LogP contribution in [0.1, 0.15) is 12.5 Å². The zero-order valence-corrected chi connectivity index (χ0v) is 13.0. The molecule has 1 amide bonds. The first-order chi connectivity index (χ1) is 11.5. The van der Waals surface area contributed by atoms with Gasteiger partial charge < -0.3 is 10.4 Å². The Morgan fingerprint density at radius 1 is 1.29 bits per heavy atom. The van der Waals surface area contributed by atoms with E-state index in [0.717, 1.165) is 27.7 Å². The Hall–Kier alpha value is -3.15. The highest BCUT2D eigenvalue weighted by Crippen LogP contribution is 2.28. The lowest BCUT2D eigenvalue weighted by Gasteiger charge is -2.05. The van der Waals surface area contributed by atoms with Gasteiger partial charge in [-0.05, 0) is 31.2 Å². The fourth-order valence-corrected chi connectivity index (χ4v) is 2.52. The van der Waals surface area contributed by atoms with Gasteiger partial charge in [-0.2, -0.15) is 5.10 Å². The number of rotatable bonds is 4. The van der Waals surface area contributed by atoms with E-state index < -0.39 is 6.09 Å². The van der Waals surface area contributed by atoms with E-state index in [4.69, 9.17) is 5.11 Å². The Bertz CT molecular complexity index is 900. The van der Waals surface area contributed by atoms with Gasteiger partial charge in [0, 0.05) is 22.6 Å². The van der Waals surface area contributed by atoms with Gasteiger partial charge in [-0.1, -0.05) is 30.4 Å². The first kappa shape index (κ1) is 15.7. The average molecular weight is 325 g/mol. The minimum Gasteiger partial charge on any atom is -0.465 e. The number of carbonyl (C=O) groups is 1. The summed E-state index contributed by atoms with van der Waals surface area (Å²) >= 11 is 0. The molecule has 3 aromatic rings. The molecule has 6 heteroatoms. The lowest BCUT2D eigenvalue weighted by Crippen LogP contribution is -2.29. The van der Waals surface area contributed by atoms with Gasteiger partial charge in [0.1, 0.15) is 5.82 Å². The Kier molecular flexibility index (Phi) is 4.29. The summed E-state index contributed by atoms with van der Waals surface area (Å²) in [5.41, 5.74) is 3.31. The second-order valence-electron chi connectivity index (χ2n) is 5.45. The number of para-hydroxylation sites is 1. The van der Waals surface area contributed by atoms with Crippen molar-refractivity contribution in [3.05, 3.63) is 59.9 Å². The minimum absolute atomic E-state index is 0.286. The first-order valence-corrected chi connectivity index (χ1v) is 7.45. The quantitative estimate of drug-likeness (QED) is 0.677. The zero-order valence-electron chi connectivity index (χ0n) is 13.0. The highest BCUT2D eigenvalue weighted by atomic mass is 19.1. The van der Waals surface area contributed by atoms with Gasteiger partial charge in [0.2, 0.25) is 0 Å². The molecule has 0 saturated carbocycles. The molecule has 0 saturated heterocycles. The second-order valence-corrected chi connectivity index (χ2v) is 5.45. The maximum Gasteiger partial charge on any atom is 0.405 e. The number of fused-ring (bicyclic) bond motifs is 1. The lowest BCUT2D eigenvalue weighted by molar-refractivity contribution is 0.193. The largest absolute Gasteiger partial charge is 0.465 e. The third kappa shape index (κ3) is 3.27. The van der Waals surface area contributed by atoms with E-state index in [1.807, 2.05) is 24.3 Å². The van der Waals surface area contributed by atoms with Crippen LogP contribution >= 0.6 is 0 Å². The molecule has 1 atom stereocenters. The normalized spacial score (nSPS) is 12.6. The monoisotopic (exact) mass is 325 g/mol. The van der Waals surface area contributed by atoms with Crippen LogP contribution in [0.5, 0.6) is 0 Å². The summed E-state index contributed by atoms with van der Waals surface area (Å²) in [6.45, 7) is 1.75. The summed E-state index contributed by atoms with van der Waals surface area (Å²) in [7, 11) is 0. The molecule has 0 spiro atoms. The topological polar surface area (TPSA) is 78.0 Å². The highest BCUT2D eigenvalue weighted by Gasteiger charge is 2.10. The van der Waals surface area contributed by atoms with Crippen LogP contribution in [-0.2, 0) is 0 Å². The number of halogens is 1. The molecule has 3 N–H and O–H groups in total. The van der Waals surface area contributed by atoms with Crippen LogP contribution in [0.2, 0.25) is 0 Å². The predicted octanol–water partition coefficient (Wildman–Crippen LogP) is 4.04. The number of nitrogens with one attached hydrogen (secondary N) is 2. The molecule has 0 fully saturated rings. The molecule has 0 radical (unpaired) electrons. The molecule has 3 rings (SSSR count). The van der Waals surface area contributed by atoms with E-state index in [2.05, 4.69) is 15.5 Å². The van der Waals surface area contributed by atoms with Crippen molar-refractivity contribution in [1.82, 2.24) is 15.5 Å². The molecule has 1 aromatic heterocycles. The van der Waals surface area contributed by atoms with Gasteiger partial charge in [0.05, 0.1) is 11.2 Å². The minimum atomic E-state index is -1.07. The molecule has 0 aliphatic heterocycles. The van der Waals surface area contributed by atoms with Gasteiger partial charge >= 0.3 is 6.09 Å². The molecule has 2 aromatic carbocycles. The van der Waals surface area contributed by atoms with Crippen molar-refractivity contribution in [2.45, 2.75) is 13.0 Å². The van der Waals surface area contributed by atoms with Crippen LogP contribution < -0.4 is 5.32 Å². The third-order valence-corrected chi connectivity index (χ3v) is 3.66. The van der Waals surface area contributed by atoms with E-state index in [0.29, 0.717) is 0 Å². The van der Waals surface area contributed by atoms with Gasteiger partial charge in [-0.15, -0.1) is 0 Å². The number of hydrogen-bond acceptors (Lipinski definition) is 2. The maximum atomic E-state index is 13.1. The molecular formula is C18H16FN3O2. The van der Waals surface area contributed by atoms with E-state index in [1.54, 1.807) is 25.1 Å². The molecule has 0 bridgehead atoms. The van der Waals surface area contributed by atoms with Gasteiger partial charge in [-0.3, -0.25) is 5.10 Å². The molecule has 122 valence electrons. The van der Waals surface area contributed by atoms with Crippen molar-refractivity contribution < 1.29 is 14.3 Å². The average Bonchev–Trinajstić information content (AvgIpc) is 2.97. The zero-order chi connectivity index (χ0) is 17.1. The number of hydrogen-bond donors (Lipinski definition) is 3. The van der Waals surface area contributed by atoms with Crippen LogP contribution in [0.4, 0.5) is 9.18 Å². The number of benzene rings is 2. The van der Waals surface area contributed by atoms with Crippen LogP contribution in [0.3, 0.4) is 0 Å². The summed E-state index contributed by atoms with van der Waals surface area (Å²) in [5, 5.41) is 19.3. The van der Waals surface area contributed by atoms with Gasteiger partial charge in [0.25, 0.3) is 0 Å². The number of nitrogens with zero attached hydrogens (tertiary/aromatic N) is 1. The Morgan fingerprint density at radius 2 is 2.04 bits per heavy atom. The molecule has 0 unspecified atom stereocenters. The van der Waals surface area contributed by atoms with Crippen LogP contribution in [-0.4, -0.2) is 27.4 Å². The standard InChI is InChI=1S/C18H16FN3O2/c1-11(20-18(23)24)5-6-12-3-2-4-15-16(12)21-22-17(15)13-7-9-14(19)10-8-13/h2-11,20H,1H3,(H,21,22)(H,23,24)/t11-/m0/s1. The van der Waals surface area contributed by atoms with Crippen LogP contribution in [0.25, 0.3) is 28.2 Å². The maximum absolute atomic E-state index is 13.1. The number of aromatic nitrogens is 2. The molecular weight excluding hydrogens is 309 g/mol. The molecule has 24 heavy (non-hydrogen) atoms. The summed E-state index contributed by atoms with van der Waals surface area (Å²) in [6, 6.07) is 11.6. The van der Waals surface area contributed by atoms with Crippen LogP contribution in [0, 0.1) is 5.82 Å². The Labute approximate surface area is 137 Å². The van der Waals surface area contributed by atoms with Crippen LogP contribution in [0.15, 0.2) is 48.5 Å². The first-order valence-electron chi connectivity index (χ1n) is 7.45. The Morgan fingerprint density at radius 3 is 2.75 bits per heavy atom. The highest BCUT2D eigenvalue weighted by molar-refractivity contribution is 5.97. The SMILES string of the molecule is C[C@@H](C=Cc1cccc2c(-c3ccc(F)cc3)[nH]nc12)NC(=O)O. The van der Waals surface area contributed by atoms with Gasteiger partial charge in [-0.25, -0.2) is 9.18 Å². The summed E-state index contributed by atoms with van der Waals surface area (Å²) in [6.07, 6.45) is 2.52. The van der Waals surface area contributed by atoms with Crippen molar-refractivity contribution in [1.29, 1.82) is 0 Å². The molecule has 0 aliphatic rings. The van der Waals surface area contributed by atoms with E-state index in [9.17, 15) is 9.18 Å². The lowest BCUT2D eigenvalue weighted by atomic mass is 10.0. The Balaban J connectivity index is 1.96. The number of H-pyrrole nitrogens is 1. The number of carboxylic acid groups (broad SMARTS) is 1. The molecule has 5 nitrogen and oxygen atoms in total. The summed E-state index contributed by atoms with van der Waals surface area (Å²) in [4.78, 5) is 10.6. The van der Waals surface area contributed by atoms with Crippen molar-refractivity contribution in [3.8, 4) is 11.3 Å². The van der Waals surface area contributed by atoms with E-state index in [-0.39, 0.29) is 11.9 Å². The second kappa shape index (κ2) is 6.54. The van der Waals surface area contributed by atoms with E-state index >= 15 is 0 Å². The molecule has 1 heterocycles. The number of aromatic amines is 1.